The van der Waals surface area contributed by atoms with Gasteiger partial charge in [-0.1, -0.05) is 54.2 Å². The van der Waals surface area contributed by atoms with Gasteiger partial charge in [0.25, 0.3) is 0 Å². The van der Waals surface area contributed by atoms with Crippen LogP contribution in [-0.2, 0) is 0 Å². The van der Waals surface area contributed by atoms with Gasteiger partial charge in [-0.3, -0.25) is 4.79 Å². The molecule has 104 valence electrons. The van der Waals surface area contributed by atoms with Crippen LogP contribution in [-0.4, -0.2) is 22.7 Å². The number of allylic oxidation sites excluding steroid dienone is 3. The summed E-state index contributed by atoms with van der Waals surface area (Å²) < 4.78 is 0. The smallest absolute Gasteiger partial charge is 0.188 e. The number of thioether (sulfide) groups is 1. The Balaban J connectivity index is 1.63. The Morgan fingerprint density at radius 2 is 2.10 bits per heavy atom. The summed E-state index contributed by atoms with van der Waals surface area (Å²) in [5.41, 5.74) is 2.84. The molecule has 0 N–H and O–H groups in total. The first-order valence-electron chi connectivity index (χ1n) is 6.68. The third-order valence-corrected chi connectivity index (χ3v) is 3.83. The van der Waals surface area contributed by atoms with E-state index >= 15 is 0 Å². The summed E-state index contributed by atoms with van der Waals surface area (Å²) in [6.45, 7) is 2.04. The molecule has 0 radical (unpaired) electrons. The summed E-state index contributed by atoms with van der Waals surface area (Å²) in [7, 11) is 0. The molecule has 1 atom stereocenters. The summed E-state index contributed by atoms with van der Waals surface area (Å²) in [4.78, 5) is 20.9. The highest BCUT2D eigenvalue weighted by atomic mass is 32.2. The molecule has 1 aliphatic heterocycles. The number of benzene rings is 1. The molecule has 1 unspecified atom stereocenters. The largest absolute Gasteiger partial charge is 0.289 e. The molecule has 3 nitrogen and oxygen atoms in total. The lowest BCUT2D eigenvalue weighted by Gasteiger charge is -2.06. The van der Waals surface area contributed by atoms with Crippen LogP contribution in [0.3, 0.4) is 0 Å². The number of amidine groups is 1. The second kappa shape index (κ2) is 6.06. The van der Waals surface area contributed by atoms with E-state index in [2.05, 4.69) is 16.1 Å². The van der Waals surface area contributed by atoms with E-state index in [1.54, 1.807) is 23.6 Å². The van der Waals surface area contributed by atoms with Crippen molar-refractivity contribution >= 4 is 28.4 Å². The number of rotatable bonds is 3. The van der Waals surface area contributed by atoms with Crippen molar-refractivity contribution in [3.8, 4) is 0 Å². The van der Waals surface area contributed by atoms with Crippen molar-refractivity contribution in [2.24, 2.45) is 9.98 Å². The van der Waals surface area contributed by atoms with Crippen molar-refractivity contribution in [2.45, 2.75) is 13.0 Å². The number of ketones is 1. The van der Waals surface area contributed by atoms with Crippen LogP contribution in [0.15, 0.2) is 75.6 Å². The van der Waals surface area contributed by atoms with Gasteiger partial charge in [-0.2, -0.15) is 0 Å². The number of nitrogens with zero attached hydrogens (tertiary/aromatic N) is 2. The van der Waals surface area contributed by atoms with Gasteiger partial charge < -0.3 is 0 Å². The maximum Gasteiger partial charge on any atom is 0.188 e. The second-order valence-electron chi connectivity index (χ2n) is 4.79. The van der Waals surface area contributed by atoms with Crippen molar-refractivity contribution < 1.29 is 4.79 Å². The Morgan fingerprint density at radius 1 is 1.29 bits per heavy atom. The Morgan fingerprint density at radius 3 is 2.90 bits per heavy atom. The zero-order valence-electron chi connectivity index (χ0n) is 11.6. The number of hydrogen-bond donors (Lipinski definition) is 0. The summed E-state index contributed by atoms with van der Waals surface area (Å²) >= 11 is 1.37. The highest BCUT2D eigenvalue weighted by Gasteiger charge is 2.20. The number of carbonyl (C=O) groups is 1. The number of hydrogen-bond acceptors (Lipinski definition) is 4. The van der Waals surface area contributed by atoms with E-state index in [4.69, 9.17) is 0 Å². The van der Waals surface area contributed by atoms with E-state index in [0.717, 1.165) is 5.71 Å². The topological polar surface area (TPSA) is 41.8 Å². The maximum absolute atomic E-state index is 11.9. The van der Waals surface area contributed by atoms with Crippen LogP contribution in [0.25, 0.3) is 0 Å². The van der Waals surface area contributed by atoms with Crippen LogP contribution >= 0.6 is 11.8 Å². The average Bonchev–Trinajstić information content (AvgIpc) is 2.89. The Labute approximate surface area is 127 Å². The SMILES string of the molecule is CC1=CC2=NC(S/C=C/C(=O)c3ccccc3)=NC2C=C1. The fraction of sp³-hybridized carbons (Fsp3) is 0.118. The van der Waals surface area contributed by atoms with Crippen molar-refractivity contribution in [1.82, 2.24) is 0 Å². The van der Waals surface area contributed by atoms with Crippen molar-refractivity contribution in [3.63, 3.8) is 0 Å². The third-order valence-electron chi connectivity index (χ3n) is 3.15. The summed E-state index contributed by atoms with van der Waals surface area (Å²) in [5, 5.41) is 2.44. The summed E-state index contributed by atoms with van der Waals surface area (Å²) in [6.07, 6.45) is 7.69. The summed E-state index contributed by atoms with van der Waals surface area (Å²) in [5.74, 6) is -0.0117. The van der Waals surface area contributed by atoms with E-state index in [-0.39, 0.29) is 11.8 Å². The molecule has 1 aliphatic carbocycles. The normalized spacial score (nSPS) is 20.0. The second-order valence-corrected chi connectivity index (χ2v) is 5.66. The molecule has 0 fully saturated rings. The third kappa shape index (κ3) is 3.28. The molecule has 0 saturated heterocycles. The minimum absolute atomic E-state index is 0.0117. The highest BCUT2D eigenvalue weighted by molar-refractivity contribution is 8.16. The predicted octanol–water partition coefficient (Wildman–Crippen LogP) is 3.81. The molecule has 1 aromatic rings. The molecule has 0 amide bonds. The molecule has 1 heterocycles. The lowest BCUT2D eigenvalue weighted by atomic mass is 10.0. The van der Waals surface area contributed by atoms with Crippen LogP contribution in [0.1, 0.15) is 17.3 Å². The van der Waals surface area contributed by atoms with Gasteiger partial charge in [0.05, 0.1) is 5.71 Å². The molecular formula is C17H14N2OS. The lowest BCUT2D eigenvalue weighted by molar-refractivity contribution is 0.104. The van der Waals surface area contributed by atoms with Gasteiger partial charge >= 0.3 is 0 Å². The Hall–Kier alpha value is -2.20. The van der Waals surface area contributed by atoms with Gasteiger partial charge in [-0.05, 0) is 30.1 Å². The van der Waals surface area contributed by atoms with Gasteiger partial charge in [0.15, 0.2) is 11.0 Å². The van der Waals surface area contributed by atoms with E-state index < -0.39 is 0 Å². The van der Waals surface area contributed by atoms with Crippen LogP contribution in [0.5, 0.6) is 0 Å². The predicted molar refractivity (Wildman–Crippen MR) is 89.1 cm³/mol. The average molecular weight is 294 g/mol. The van der Waals surface area contributed by atoms with Crippen LogP contribution in [0, 0.1) is 0 Å². The standard InChI is InChI=1S/C17H14N2OS/c1-12-7-8-14-15(11-12)19-17(18-14)21-10-9-16(20)13-5-3-2-4-6-13/h2-11,14H,1H3/b10-9+. The Kier molecular flexibility index (Phi) is 3.97. The number of fused-ring (bicyclic) bond motifs is 1. The minimum Gasteiger partial charge on any atom is -0.289 e. The molecule has 4 heteroatoms. The van der Waals surface area contributed by atoms with Crippen LogP contribution in [0.4, 0.5) is 0 Å². The number of carbonyl (C=O) groups excluding carboxylic acids is 1. The Bertz CT molecular complexity index is 712. The molecular weight excluding hydrogens is 280 g/mol. The quantitative estimate of drug-likeness (QED) is 0.628. The van der Waals surface area contributed by atoms with Gasteiger partial charge in [-0.15, -0.1) is 0 Å². The zero-order valence-corrected chi connectivity index (χ0v) is 12.4. The van der Waals surface area contributed by atoms with Crippen molar-refractivity contribution in [1.29, 1.82) is 0 Å². The van der Waals surface area contributed by atoms with Crippen LogP contribution < -0.4 is 0 Å². The lowest BCUT2D eigenvalue weighted by Crippen LogP contribution is -2.12. The molecule has 0 aromatic heterocycles. The molecule has 0 spiro atoms. The fourth-order valence-corrected chi connectivity index (χ4v) is 2.73. The molecule has 1 aromatic carbocycles. The van der Waals surface area contributed by atoms with Gasteiger partial charge in [0.2, 0.25) is 0 Å². The van der Waals surface area contributed by atoms with E-state index in [0.29, 0.717) is 10.7 Å². The first-order valence-corrected chi connectivity index (χ1v) is 7.56. The van der Waals surface area contributed by atoms with Gasteiger partial charge in [0.1, 0.15) is 6.04 Å². The first-order chi connectivity index (χ1) is 10.2. The molecule has 3 rings (SSSR count). The zero-order chi connectivity index (χ0) is 14.7. The van der Waals surface area contributed by atoms with E-state index in [9.17, 15) is 4.79 Å². The fourth-order valence-electron chi connectivity index (χ4n) is 2.09. The molecule has 0 bridgehead atoms. The first kappa shape index (κ1) is 13.8. The number of aliphatic imine (C=N–C) groups is 2. The summed E-state index contributed by atoms with van der Waals surface area (Å²) in [6, 6.07) is 9.24. The van der Waals surface area contributed by atoms with Crippen molar-refractivity contribution in [3.05, 3.63) is 71.2 Å². The van der Waals surface area contributed by atoms with Gasteiger partial charge in [0, 0.05) is 5.56 Å². The van der Waals surface area contributed by atoms with Crippen molar-refractivity contribution in [2.75, 3.05) is 0 Å². The van der Waals surface area contributed by atoms with Crippen LogP contribution in [0.2, 0.25) is 0 Å². The molecule has 21 heavy (non-hydrogen) atoms. The molecule has 0 saturated carbocycles. The minimum atomic E-state index is -0.0117. The van der Waals surface area contributed by atoms with E-state index in [1.165, 1.54) is 17.3 Å². The monoisotopic (exact) mass is 294 g/mol. The highest BCUT2D eigenvalue weighted by Crippen LogP contribution is 2.21. The van der Waals surface area contributed by atoms with Gasteiger partial charge in [-0.25, -0.2) is 9.98 Å². The molecule has 2 aliphatic rings. The van der Waals surface area contributed by atoms with E-state index in [1.807, 2.05) is 37.3 Å². The maximum atomic E-state index is 11.9.